The number of fused-ring (bicyclic) bond motifs is 1. The van der Waals surface area contributed by atoms with Crippen molar-refractivity contribution in [1.29, 1.82) is 0 Å². The second-order valence-corrected chi connectivity index (χ2v) is 7.50. The molecule has 0 radical (unpaired) electrons. The Balaban J connectivity index is 1.73. The summed E-state index contributed by atoms with van der Waals surface area (Å²) in [4.78, 5) is 25.8. The summed E-state index contributed by atoms with van der Waals surface area (Å²) in [7, 11) is 0. The van der Waals surface area contributed by atoms with Gasteiger partial charge in [-0.2, -0.15) is 0 Å². The van der Waals surface area contributed by atoms with E-state index < -0.39 is 5.97 Å². The first-order valence-corrected chi connectivity index (χ1v) is 10.8. The summed E-state index contributed by atoms with van der Waals surface area (Å²) in [6.45, 7) is 1.90. The van der Waals surface area contributed by atoms with Gasteiger partial charge >= 0.3 is 5.97 Å². The molecule has 34 heavy (non-hydrogen) atoms. The van der Waals surface area contributed by atoms with Crippen LogP contribution in [0.4, 0.5) is 0 Å². The molecule has 172 valence electrons. The molecule has 0 fully saturated rings. The molecule has 0 saturated carbocycles. The number of rotatable bonds is 8. The maximum absolute atomic E-state index is 12.5. The van der Waals surface area contributed by atoms with Gasteiger partial charge in [0.2, 0.25) is 0 Å². The number of aromatic nitrogens is 3. The van der Waals surface area contributed by atoms with Crippen LogP contribution >= 0.6 is 0 Å². The van der Waals surface area contributed by atoms with Crippen molar-refractivity contribution in [3.05, 3.63) is 89.0 Å². The Kier molecular flexibility index (Phi) is 6.79. The molecule has 0 spiro atoms. The molecule has 0 atom stereocenters. The van der Waals surface area contributed by atoms with E-state index in [2.05, 4.69) is 10.2 Å². The third-order valence-electron chi connectivity index (χ3n) is 5.16. The molecular formula is C26H23N3O5. The summed E-state index contributed by atoms with van der Waals surface area (Å²) >= 11 is 0. The van der Waals surface area contributed by atoms with Crippen LogP contribution < -0.4 is 0 Å². The molecule has 0 unspecified atom stereocenters. The van der Waals surface area contributed by atoms with Gasteiger partial charge in [0.15, 0.2) is 5.78 Å². The van der Waals surface area contributed by atoms with Crippen molar-refractivity contribution in [3.63, 3.8) is 0 Å². The van der Waals surface area contributed by atoms with Crippen LogP contribution in [0.15, 0.2) is 66.7 Å². The number of aliphatic hydroxyl groups is 1. The first-order valence-electron chi connectivity index (χ1n) is 10.8. The number of ether oxygens (including phenoxy) is 1. The highest BCUT2D eigenvalue weighted by Gasteiger charge is 2.16. The van der Waals surface area contributed by atoms with Crippen LogP contribution in [0.2, 0.25) is 0 Å². The summed E-state index contributed by atoms with van der Waals surface area (Å²) in [6, 6.07) is 17.0. The summed E-state index contributed by atoms with van der Waals surface area (Å²) in [6.07, 6.45) is 3.25. The lowest BCUT2D eigenvalue weighted by molar-refractivity contribution is 0.0526. The fourth-order valence-electron chi connectivity index (χ4n) is 3.48. The van der Waals surface area contributed by atoms with Crippen molar-refractivity contribution in [1.82, 2.24) is 15.0 Å². The van der Waals surface area contributed by atoms with Gasteiger partial charge in [-0.15, -0.1) is 15.0 Å². The molecule has 4 aromatic rings. The third-order valence-corrected chi connectivity index (χ3v) is 5.16. The first kappa shape index (κ1) is 22.9. The highest BCUT2D eigenvalue weighted by molar-refractivity contribution is 6.07. The van der Waals surface area contributed by atoms with E-state index in [0.717, 1.165) is 5.56 Å². The zero-order valence-electron chi connectivity index (χ0n) is 18.5. The van der Waals surface area contributed by atoms with E-state index in [9.17, 15) is 19.8 Å². The number of ketones is 1. The Bertz CT molecular complexity index is 1380. The van der Waals surface area contributed by atoms with Crippen LogP contribution in [0.1, 0.15) is 38.8 Å². The predicted molar refractivity (Wildman–Crippen MR) is 127 cm³/mol. The number of phenols is 1. The van der Waals surface area contributed by atoms with E-state index >= 15 is 0 Å². The van der Waals surface area contributed by atoms with Gasteiger partial charge in [0.05, 0.1) is 12.2 Å². The van der Waals surface area contributed by atoms with Crippen molar-refractivity contribution in [2.75, 3.05) is 13.2 Å². The van der Waals surface area contributed by atoms with E-state index in [1.54, 1.807) is 61.5 Å². The van der Waals surface area contributed by atoms with E-state index in [-0.39, 0.29) is 30.4 Å². The van der Waals surface area contributed by atoms with Gasteiger partial charge in [-0.3, -0.25) is 4.79 Å². The average molecular weight is 457 g/mol. The van der Waals surface area contributed by atoms with Gasteiger partial charge in [-0.1, -0.05) is 30.3 Å². The molecule has 0 aliphatic heterocycles. The smallest absolute Gasteiger partial charge is 0.338 e. The summed E-state index contributed by atoms with van der Waals surface area (Å²) in [5.74, 6) is -0.782. The number of hydrogen-bond donors (Lipinski definition) is 2. The Morgan fingerprint density at radius 1 is 1.00 bits per heavy atom. The number of aromatic hydroxyl groups is 1. The molecule has 1 heterocycles. The van der Waals surface area contributed by atoms with Crippen molar-refractivity contribution in [3.8, 4) is 11.4 Å². The van der Waals surface area contributed by atoms with E-state index in [4.69, 9.17) is 4.74 Å². The lowest BCUT2D eigenvalue weighted by Crippen LogP contribution is -2.04. The number of esters is 1. The molecule has 1 aromatic heterocycles. The topological polar surface area (TPSA) is 115 Å². The largest absolute Gasteiger partial charge is 0.505 e. The fraction of sp³-hybridized carbons (Fsp3) is 0.154. The van der Waals surface area contributed by atoms with Crippen LogP contribution in [0.3, 0.4) is 0 Å². The molecule has 0 amide bonds. The second-order valence-electron chi connectivity index (χ2n) is 7.50. The van der Waals surface area contributed by atoms with Crippen molar-refractivity contribution >= 4 is 28.9 Å². The molecule has 3 aromatic carbocycles. The number of phenolic OH excluding ortho intramolecular Hbond substituents is 1. The predicted octanol–water partition coefficient (Wildman–Crippen LogP) is 3.73. The van der Waals surface area contributed by atoms with Gasteiger partial charge in [-0.25, -0.2) is 4.79 Å². The lowest BCUT2D eigenvalue weighted by Gasteiger charge is -2.10. The molecule has 2 N–H and O–H groups in total. The van der Waals surface area contributed by atoms with Crippen LogP contribution in [-0.2, 0) is 11.2 Å². The number of hydrogen-bond acceptors (Lipinski definition) is 7. The van der Waals surface area contributed by atoms with Crippen molar-refractivity contribution in [2.45, 2.75) is 13.3 Å². The summed E-state index contributed by atoms with van der Waals surface area (Å²) in [5.41, 5.74) is 3.26. The maximum Gasteiger partial charge on any atom is 0.338 e. The number of allylic oxidation sites excluding steroid dienone is 1. The number of aliphatic hydroxyl groups excluding tert-OH is 1. The zero-order chi connectivity index (χ0) is 24.1. The number of nitrogens with zero attached hydrogens (tertiary/aromatic N) is 3. The van der Waals surface area contributed by atoms with Crippen molar-refractivity contribution in [2.24, 2.45) is 0 Å². The molecule has 4 rings (SSSR count). The minimum atomic E-state index is -0.456. The molecular weight excluding hydrogens is 434 g/mol. The SMILES string of the molecule is CCOC(=O)c1ccc2nn(-c3cc(CCO)cc(C=CC(=O)c4ccccc4)c3O)nc2c1. The van der Waals surface area contributed by atoms with Crippen LogP contribution in [0, 0.1) is 0 Å². The van der Waals surface area contributed by atoms with E-state index in [1.807, 2.05) is 6.07 Å². The fourth-order valence-corrected chi connectivity index (χ4v) is 3.48. The number of carbonyl (C=O) groups excluding carboxylic acids is 2. The third kappa shape index (κ3) is 4.87. The zero-order valence-corrected chi connectivity index (χ0v) is 18.5. The molecule has 0 saturated heterocycles. The normalized spacial score (nSPS) is 11.2. The second kappa shape index (κ2) is 10.1. The Labute approximate surface area is 195 Å². The first-order chi connectivity index (χ1) is 16.5. The van der Waals surface area contributed by atoms with Gasteiger partial charge in [-0.05, 0) is 61.4 Å². The highest BCUT2D eigenvalue weighted by Crippen LogP contribution is 2.30. The molecule has 8 nitrogen and oxygen atoms in total. The van der Waals surface area contributed by atoms with Gasteiger partial charge < -0.3 is 14.9 Å². The van der Waals surface area contributed by atoms with Gasteiger partial charge in [0, 0.05) is 17.7 Å². The molecule has 0 bridgehead atoms. The quantitative estimate of drug-likeness (QED) is 0.235. The van der Waals surface area contributed by atoms with Crippen LogP contribution in [-0.4, -0.2) is 50.2 Å². The molecule has 0 aliphatic carbocycles. The standard InChI is InChI=1S/C26H23N3O5/c1-2-34-26(33)20-8-10-21-22(16-20)28-29(27-21)23-15-17(12-13-30)14-19(25(23)32)9-11-24(31)18-6-4-3-5-7-18/h3-11,14-16,30,32H,2,12-13H2,1H3. The Morgan fingerprint density at radius 3 is 2.50 bits per heavy atom. The van der Waals surface area contributed by atoms with E-state index in [0.29, 0.717) is 34.1 Å². The van der Waals surface area contributed by atoms with E-state index in [1.165, 1.54) is 16.9 Å². The van der Waals surface area contributed by atoms with Crippen molar-refractivity contribution < 1.29 is 24.5 Å². The van der Waals surface area contributed by atoms with Gasteiger partial charge in [0.25, 0.3) is 0 Å². The summed E-state index contributed by atoms with van der Waals surface area (Å²) < 4.78 is 5.03. The monoisotopic (exact) mass is 457 g/mol. The number of carbonyl (C=O) groups is 2. The Morgan fingerprint density at radius 2 is 1.76 bits per heavy atom. The van der Waals surface area contributed by atoms with Crippen LogP contribution in [0.25, 0.3) is 22.8 Å². The molecule has 8 heteroatoms. The summed E-state index contributed by atoms with van der Waals surface area (Å²) in [5, 5.41) is 29.2. The highest BCUT2D eigenvalue weighted by atomic mass is 16.5. The molecule has 0 aliphatic rings. The average Bonchev–Trinajstić information content (AvgIpc) is 3.28. The Hall–Kier alpha value is -4.30. The van der Waals surface area contributed by atoms with Gasteiger partial charge in [0.1, 0.15) is 22.5 Å². The lowest BCUT2D eigenvalue weighted by atomic mass is 10.0. The minimum Gasteiger partial charge on any atom is -0.505 e. The number of benzene rings is 3. The van der Waals surface area contributed by atoms with Crippen LogP contribution in [0.5, 0.6) is 5.75 Å². The minimum absolute atomic E-state index is 0.0896. The maximum atomic E-state index is 12.5.